The van der Waals surface area contributed by atoms with Gasteiger partial charge in [-0.15, -0.1) is 0 Å². The van der Waals surface area contributed by atoms with Gasteiger partial charge in [0, 0.05) is 18.7 Å². The molecule has 0 saturated heterocycles. The maximum absolute atomic E-state index is 12.0. The monoisotopic (exact) mass is 319 g/mol. The third-order valence-electron chi connectivity index (χ3n) is 2.79. The van der Waals surface area contributed by atoms with E-state index in [1.54, 1.807) is 0 Å². The summed E-state index contributed by atoms with van der Waals surface area (Å²) in [5.74, 6) is -0.0420. The minimum Gasteiger partial charge on any atom is -0.490 e. The highest BCUT2D eigenvalue weighted by Gasteiger charge is 2.22. The van der Waals surface area contributed by atoms with Gasteiger partial charge in [-0.2, -0.15) is 0 Å². The minimum atomic E-state index is -3.97. The Morgan fingerprint density at radius 2 is 2.14 bits per heavy atom. The van der Waals surface area contributed by atoms with E-state index in [0.29, 0.717) is 0 Å². The van der Waals surface area contributed by atoms with Gasteiger partial charge in [0.2, 0.25) is 10.0 Å². The van der Waals surface area contributed by atoms with Crippen LogP contribution in [0.15, 0.2) is 23.1 Å². The molecule has 0 radical (unpaired) electrons. The molecule has 0 aliphatic heterocycles. The van der Waals surface area contributed by atoms with Crippen molar-refractivity contribution in [3.05, 3.63) is 28.3 Å². The first-order chi connectivity index (χ1) is 9.69. The smallest absolute Gasteiger partial charge is 0.312 e. The van der Waals surface area contributed by atoms with Gasteiger partial charge in [-0.05, 0) is 19.1 Å². The molecule has 0 fully saturated rings. The second kappa shape index (κ2) is 6.80. The van der Waals surface area contributed by atoms with Crippen LogP contribution in [-0.4, -0.2) is 44.2 Å². The van der Waals surface area contributed by atoms with Crippen LogP contribution >= 0.6 is 0 Å². The molecule has 21 heavy (non-hydrogen) atoms. The second-order valence-corrected chi connectivity index (χ2v) is 6.11. The third kappa shape index (κ3) is 4.36. The zero-order valence-electron chi connectivity index (χ0n) is 11.5. The molecule has 2 unspecified atom stereocenters. The van der Waals surface area contributed by atoms with Gasteiger partial charge in [0.05, 0.1) is 23.0 Å². The Bertz CT molecular complexity index is 616. The molecule has 0 aliphatic carbocycles. The molecule has 0 aromatic heterocycles. The molecule has 10 heteroatoms. The number of benzene rings is 1. The largest absolute Gasteiger partial charge is 0.490 e. The van der Waals surface area contributed by atoms with Crippen molar-refractivity contribution < 1.29 is 23.2 Å². The average Bonchev–Trinajstić information content (AvgIpc) is 2.43. The number of rotatable bonds is 7. The first kappa shape index (κ1) is 17.3. The molecule has 9 nitrogen and oxygen atoms in total. The SMILES string of the molecule is COc1ccc(S(=O)(=O)NCC(N)C(C)O)cc1[N+](=O)[O-]. The predicted molar refractivity (Wildman–Crippen MR) is 74.5 cm³/mol. The molecular formula is C11H17N3O6S. The maximum atomic E-state index is 12.0. The normalized spacial score (nSPS) is 14.5. The Hall–Kier alpha value is -1.75. The van der Waals surface area contributed by atoms with Crippen molar-refractivity contribution in [1.82, 2.24) is 4.72 Å². The fraction of sp³-hybridized carbons (Fsp3) is 0.455. The summed E-state index contributed by atoms with van der Waals surface area (Å²) in [6.07, 6.45) is -0.891. The van der Waals surface area contributed by atoms with E-state index in [9.17, 15) is 23.6 Å². The number of hydrogen-bond donors (Lipinski definition) is 3. The molecule has 0 spiro atoms. The lowest BCUT2D eigenvalue weighted by Crippen LogP contribution is -2.43. The van der Waals surface area contributed by atoms with Gasteiger partial charge in [0.25, 0.3) is 0 Å². The van der Waals surface area contributed by atoms with Gasteiger partial charge >= 0.3 is 5.69 Å². The topological polar surface area (TPSA) is 145 Å². The quantitative estimate of drug-likeness (QED) is 0.457. The summed E-state index contributed by atoms with van der Waals surface area (Å²) in [6, 6.07) is 2.49. The third-order valence-corrected chi connectivity index (χ3v) is 4.21. The van der Waals surface area contributed by atoms with E-state index in [2.05, 4.69) is 4.72 Å². The number of hydrogen-bond acceptors (Lipinski definition) is 7. The van der Waals surface area contributed by atoms with Gasteiger partial charge in [-0.25, -0.2) is 13.1 Å². The van der Waals surface area contributed by atoms with E-state index in [0.717, 1.165) is 6.07 Å². The highest BCUT2D eigenvalue weighted by Crippen LogP contribution is 2.29. The molecule has 1 aromatic carbocycles. The molecule has 0 bridgehead atoms. The fourth-order valence-electron chi connectivity index (χ4n) is 1.44. The highest BCUT2D eigenvalue weighted by molar-refractivity contribution is 7.89. The van der Waals surface area contributed by atoms with E-state index in [-0.39, 0.29) is 17.2 Å². The van der Waals surface area contributed by atoms with Crippen molar-refractivity contribution in [3.8, 4) is 5.75 Å². The van der Waals surface area contributed by atoms with Crippen LogP contribution in [0.5, 0.6) is 5.75 Å². The number of aliphatic hydroxyl groups is 1. The van der Waals surface area contributed by atoms with E-state index in [4.69, 9.17) is 10.5 Å². The van der Waals surface area contributed by atoms with Crippen molar-refractivity contribution in [3.63, 3.8) is 0 Å². The molecule has 0 saturated carbocycles. The second-order valence-electron chi connectivity index (χ2n) is 4.35. The Kier molecular flexibility index (Phi) is 5.61. The fourth-order valence-corrected chi connectivity index (χ4v) is 2.53. The van der Waals surface area contributed by atoms with Crippen molar-refractivity contribution in [2.75, 3.05) is 13.7 Å². The number of nitrogens with one attached hydrogen (secondary N) is 1. The molecular weight excluding hydrogens is 302 g/mol. The number of sulfonamides is 1. The molecule has 1 rings (SSSR count). The molecule has 118 valence electrons. The van der Waals surface area contributed by atoms with Crippen LogP contribution in [0, 0.1) is 10.1 Å². The summed E-state index contributed by atoms with van der Waals surface area (Å²) < 4.78 is 31.0. The minimum absolute atomic E-state index is 0.0420. The number of nitro benzene ring substituents is 1. The van der Waals surface area contributed by atoms with Crippen molar-refractivity contribution in [2.45, 2.75) is 24.0 Å². The van der Waals surface area contributed by atoms with Gasteiger partial charge < -0.3 is 15.6 Å². The van der Waals surface area contributed by atoms with Gasteiger partial charge in [0.15, 0.2) is 5.75 Å². The summed E-state index contributed by atoms with van der Waals surface area (Å²) in [5, 5.41) is 20.1. The van der Waals surface area contributed by atoms with Crippen LogP contribution in [0.3, 0.4) is 0 Å². The Morgan fingerprint density at radius 3 is 2.62 bits per heavy atom. The predicted octanol–water partition coefficient (Wildman–Crippen LogP) is -0.410. The summed E-state index contributed by atoms with van der Waals surface area (Å²) in [6.45, 7) is 1.23. The van der Waals surface area contributed by atoms with Crippen molar-refractivity contribution in [2.24, 2.45) is 5.73 Å². The molecule has 1 aromatic rings. The molecule has 0 amide bonds. The standard InChI is InChI=1S/C11H17N3O6S/c1-7(15)9(12)6-13-21(18,19)8-3-4-11(20-2)10(5-8)14(16)17/h3-5,7,9,13,15H,6,12H2,1-2H3. The van der Waals surface area contributed by atoms with Crippen LogP contribution in [0.2, 0.25) is 0 Å². The van der Waals surface area contributed by atoms with Gasteiger partial charge in [0.1, 0.15) is 0 Å². The zero-order chi connectivity index (χ0) is 16.2. The highest BCUT2D eigenvalue weighted by atomic mass is 32.2. The van der Waals surface area contributed by atoms with Crippen molar-refractivity contribution >= 4 is 15.7 Å². The van der Waals surface area contributed by atoms with E-state index < -0.39 is 32.8 Å². The number of nitrogens with zero attached hydrogens (tertiary/aromatic N) is 1. The first-order valence-electron chi connectivity index (χ1n) is 5.94. The summed E-state index contributed by atoms with van der Waals surface area (Å²) in [7, 11) is -2.72. The molecule has 2 atom stereocenters. The zero-order valence-corrected chi connectivity index (χ0v) is 12.3. The Labute approximate surface area is 121 Å². The summed E-state index contributed by atoms with van der Waals surface area (Å²) >= 11 is 0. The lowest BCUT2D eigenvalue weighted by molar-refractivity contribution is -0.386. The van der Waals surface area contributed by atoms with Crippen LogP contribution in [-0.2, 0) is 10.0 Å². The van der Waals surface area contributed by atoms with E-state index in [1.165, 1.54) is 26.2 Å². The first-order valence-corrected chi connectivity index (χ1v) is 7.43. The van der Waals surface area contributed by atoms with E-state index >= 15 is 0 Å². The number of methoxy groups -OCH3 is 1. The van der Waals surface area contributed by atoms with Gasteiger partial charge in [-0.1, -0.05) is 0 Å². The van der Waals surface area contributed by atoms with E-state index in [1.807, 2.05) is 0 Å². The summed E-state index contributed by atoms with van der Waals surface area (Å²) in [4.78, 5) is 9.85. The molecule has 0 aliphatic rings. The van der Waals surface area contributed by atoms with Gasteiger partial charge in [-0.3, -0.25) is 10.1 Å². The average molecular weight is 319 g/mol. The number of nitrogens with two attached hydrogens (primary N) is 1. The summed E-state index contributed by atoms with van der Waals surface area (Å²) in [5.41, 5.74) is 5.06. The number of ether oxygens (including phenoxy) is 1. The Balaban J connectivity index is 3.04. The van der Waals surface area contributed by atoms with Crippen molar-refractivity contribution in [1.29, 1.82) is 0 Å². The number of nitro groups is 1. The molecule has 0 heterocycles. The lowest BCUT2D eigenvalue weighted by Gasteiger charge is -2.15. The van der Waals surface area contributed by atoms with Crippen LogP contribution in [0.1, 0.15) is 6.92 Å². The van der Waals surface area contributed by atoms with Crippen LogP contribution < -0.4 is 15.2 Å². The van der Waals surface area contributed by atoms with Crippen LogP contribution in [0.25, 0.3) is 0 Å². The van der Waals surface area contributed by atoms with Crippen LogP contribution in [0.4, 0.5) is 5.69 Å². The maximum Gasteiger partial charge on any atom is 0.312 e. The Morgan fingerprint density at radius 1 is 1.52 bits per heavy atom. The molecule has 4 N–H and O–H groups in total. The number of aliphatic hydroxyl groups excluding tert-OH is 1. The lowest BCUT2D eigenvalue weighted by atomic mass is 10.2.